The minimum Gasteiger partial charge on any atom is -0.463 e. The molecule has 91 heavy (non-hydrogen) atoms. The van der Waals surface area contributed by atoms with E-state index >= 15 is 0 Å². The second kappa shape index (κ2) is 65.7. The van der Waals surface area contributed by atoms with E-state index in [1.165, 1.54) is 19.3 Å². The highest BCUT2D eigenvalue weighted by atomic mass is 31.2. The van der Waals surface area contributed by atoms with Gasteiger partial charge in [-0.15, -0.1) is 0 Å². The molecule has 18 heteroatoms. The standard InChI is InChI=1S/C73H122O16P2/c1-4-7-10-13-16-19-22-25-28-30-32-33-35-37-39-41-44-47-50-53-56-59-71(76)83-62-68(74)63-85-90(79,80)86-64-69(75)65-87-91(81,82)88-67-70(89-73(78)61-58-55-52-49-46-43-38-27-24-21-18-15-12-9-6-3)66-84-72(77)60-57-54-51-48-45-42-40-36-34-31-29-26-23-20-17-14-11-8-5-2/h7,9-10,12,16-21,25-29,32-34,36-39,68-70,74-75H,4-6,8,11,13-15,22-24,30-31,35,40-67H2,1-3H3,(H,79,80)(H,81,82)/b10-7-,12-9-,19-16-,20-17-,21-18-,28-25-,29-26-,33-32-,36-34-,38-27-,39-37-. The minimum absolute atomic E-state index is 0.0778. The Morgan fingerprint density at radius 2 is 0.582 bits per heavy atom. The Hall–Kier alpha value is -4.31. The molecule has 0 radical (unpaired) electrons. The van der Waals surface area contributed by atoms with E-state index in [2.05, 4.69) is 154 Å². The topological polar surface area (TPSA) is 231 Å². The number of unbranched alkanes of at least 4 members (excludes halogenated alkanes) is 19. The van der Waals surface area contributed by atoms with Crippen molar-refractivity contribution in [2.75, 3.05) is 39.6 Å². The van der Waals surface area contributed by atoms with Crippen LogP contribution in [0.4, 0.5) is 0 Å². The van der Waals surface area contributed by atoms with Gasteiger partial charge in [-0.1, -0.05) is 231 Å². The highest BCUT2D eigenvalue weighted by molar-refractivity contribution is 7.47. The largest absolute Gasteiger partial charge is 0.472 e. The molecular weight excluding hydrogens is 1190 g/mol. The van der Waals surface area contributed by atoms with Gasteiger partial charge in [0.05, 0.1) is 26.4 Å². The van der Waals surface area contributed by atoms with Crippen molar-refractivity contribution in [1.29, 1.82) is 0 Å². The number of carbonyl (C=O) groups is 3. The summed E-state index contributed by atoms with van der Waals surface area (Å²) < 4.78 is 60.9. The first-order chi connectivity index (χ1) is 44.2. The number of rotatable bonds is 64. The molecule has 0 aliphatic heterocycles. The number of esters is 3. The van der Waals surface area contributed by atoms with Gasteiger partial charge in [0.2, 0.25) is 0 Å². The lowest BCUT2D eigenvalue weighted by atomic mass is 10.1. The minimum atomic E-state index is -4.94. The van der Waals surface area contributed by atoms with Crippen LogP contribution in [0.2, 0.25) is 0 Å². The lowest BCUT2D eigenvalue weighted by molar-refractivity contribution is -0.161. The molecule has 0 bridgehead atoms. The first-order valence-corrected chi connectivity index (χ1v) is 37.5. The van der Waals surface area contributed by atoms with E-state index in [0.29, 0.717) is 19.3 Å². The fourth-order valence-electron chi connectivity index (χ4n) is 8.62. The molecule has 4 N–H and O–H groups in total. The van der Waals surface area contributed by atoms with Gasteiger partial charge >= 0.3 is 33.6 Å². The lowest BCUT2D eigenvalue weighted by Crippen LogP contribution is -2.30. The molecule has 0 fully saturated rings. The molecule has 0 saturated heterocycles. The zero-order valence-corrected chi connectivity index (χ0v) is 58.0. The summed E-state index contributed by atoms with van der Waals surface area (Å²) in [6, 6.07) is 0. The molecule has 16 nitrogen and oxygen atoms in total. The Kier molecular flexibility index (Phi) is 62.6. The zero-order valence-electron chi connectivity index (χ0n) is 56.2. The fourth-order valence-corrected chi connectivity index (χ4v) is 10.2. The van der Waals surface area contributed by atoms with Crippen LogP contribution in [0.15, 0.2) is 134 Å². The molecule has 5 atom stereocenters. The van der Waals surface area contributed by atoms with Gasteiger partial charge in [0.15, 0.2) is 6.10 Å². The third-order valence-electron chi connectivity index (χ3n) is 13.8. The van der Waals surface area contributed by atoms with Crippen LogP contribution in [-0.2, 0) is 55.8 Å². The third kappa shape index (κ3) is 66.9. The van der Waals surface area contributed by atoms with Gasteiger partial charge in [-0.3, -0.25) is 32.5 Å². The van der Waals surface area contributed by atoms with Crippen LogP contribution in [-0.4, -0.2) is 95.9 Å². The molecule has 0 amide bonds. The highest BCUT2D eigenvalue weighted by Gasteiger charge is 2.29. The first-order valence-electron chi connectivity index (χ1n) is 34.5. The number of aliphatic hydroxyl groups is 2. The summed E-state index contributed by atoms with van der Waals surface area (Å²) >= 11 is 0. The van der Waals surface area contributed by atoms with Crippen molar-refractivity contribution in [2.45, 2.75) is 270 Å². The molecule has 0 rings (SSSR count). The van der Waals surface area contributed by atoms with Gasteiger partial charge in [-0.05, 0) is 135 Å². The predicted octanol–water partition coefficient (Wildman–Crippen LogP) is 19.2. The number of carbonyl (C=O) groups excluding carboxylic acids is 3. The molecule has 0 aromatic carbocycles. The van der Waals surface area contributed by atoms with Crippen LogP contribution in [0, 0.1) is 0 Å². The van der Waals surface area contributed by atoms with Crippen LogP contribution >= 0.6 is 15.6 Å². The van der Waals surface area contributed by atoms with Crippen molar-refractivity contribution in [3.63, 3.8) is 0 Å². The summed E-state index contributed by atoms with van der Waals surface area (Å²) in [6.07, 6.45) is 76.4. The van der Waals surface area contributed by atoms with E-state index in [1.54, 1.807) is 0 Å². The predicted molar refractivity (Wildman–Crippen MR) is 371 cm³/mol. The van der Waals surface area contributed by atoms with Gasteiger partial charge < -0.3 is 34.2 Å². The summed E-state index contributed by atoms with van der Waals surface area (Å²) in [5, 5.41) is 20.5. The maximum absolute atomic E-state index is 12.9. The van der Waals surface area contributed by atoms with E-state index in [-0.39, 0.29) is 19.3 Å². The van der Waals surface area contributed by atoms with Gasteiger partial charge in [-0.2, -0.15) is 0 Å². The Morgan fingerprint density at radius 1 is 0.319 bits per heavy atom. The quantitative estimate of drug-likeness (QED) is 0.0146. The first kappa shape index (κ1) is 86.7. The van der Waals surface area contributed by atoms with E-state index in [4.69, 9.17) is 32.3 Å². The van der Waals surface area contributed by atoms with E-state index in [0.717, 1.165) is 173 Å². The van der Waals surface area contributed by atoms with Crippen molar-refractivity contribution in [3.05, 3.63) is 134 Å². The number of allylic oxidation sites excluding steroid dienone is 22. The molecule has 0 spiro atoms. The molecule has 0 aliphatic carbocycles. The van der Waals surface area contributed by atoms with Crippen molar-refractivity contribution in [3.8, 4) is 0 Å². The number of ether oxygens (including phenoxy) is 3. The lowest BCUT2D eigenvalue weighted by Gasteiger charge is -2.21. The van der Waals surface area contributed by atoms with E-state index in [1.807, 2.05) is 0 Å². The summed E-state index contributed by atoms with van der Waals surface area (Å²) in [7, 11) is -9.80. The molecule has 520 valence electrons. The Labute approximate surface area is 550 Å². The van der Waals surface area contributed by atoms with Crippen LogP contribution < -0.4 is 0 Å². The van der Waals surface area contributed by atoms with Crippen LogP contribution in [0.5, 0.6) is 0 Å². The monoisotopic (exact) mass is 1320 g/mol. The number of hydrogen-bond donors (Lipinski definition) is 4. The van der Waals surface area contributed by atoms with E-state index < -0.39 is 91.5 Å². The Bertz CT molecular complexity index is 2190. The number of aliphatic hydroxyl groups excluding tert-OH is 2. The van der Waals surface area contributed by atoms with Gasteiger partial charge in [0, 0.05) is 19.3 Å². The number of phosphoric ester groups is 2. The van der Waals surface area contributed by atoms with Gasteiger partial charge in [-0.25, -0.2) is 9.13 Å². The number of hydrogen-bond acceptors (Lipinski definition) is 14. The zero-order chi connectivity index (χ0) is 66.7. The molecule has 0 aromatic heterocycles. The molecule has 0 heterocycles. The normalized spacial score (nSPS) is 15.0. The number of phosphoric acid groups is 2. The molecule has 0 aromatic rings. The Balaban J connectivity index is 4.71. The maximum atomic E-state index is 12.9. The van der Waals surface area contributed by atoms with Crippen molar-refractivity contribution < 1.29 is 75.8 Å². The third-order valence-corrected chi connectivity index (χ3v) is 15.7. The average molecular weight is 1320 g/mol. The summed E-state index contributed by atoms with van der Waals surface area (Å²) in [6.45, 7) is 2.34. The molecule has 0 aliphatic rings. The average Bonchev–Trinajstić information content (AvgIpc) is 3.09. The highest BCUT2D eigenvalue weighted by Crippen LogP contribution is 2.45. The van der Waals surface area contributed by atoms with Crippen molar-refractivity contribution >= 4 is 33.6 Å². The molecular formula is C73H122O16P2. The van der Waals surface area contributed by atoms with Gasteiger partial charge in [0.1, 0.15) is 25.4 Å². The Morgan fingerprint density at radius 3 is 0.923 bits per heavy atom. The van der Waals surface area contributed by atoms with Crippen molar-refractivity contribution in [1.82, 2.24) is 0 Å². The smallest absolute Gasteiger partial charge is 0.463 e. The summed E-state index contributed by atoms with van der Waals surface area (Å²) in [5.41, 5.74) is 0. The fraction of sp³-hybridized carbons (Fsp3) is 0.658. The molecule has 0 saturated carbocycles. The van der Waals surface area contributed by atoms with Crippen LogP contribution in [0.3, 0.4) is 0 Å². The second-order valence-corrected chi connectivity index (χ2v) is 25.5. The molecule has 5 unspecified atom stereocenters. The van der Waals surface area contributed by atoms with Gasteiger partial charge in [0.25, 0.3) is 0 Å². The SMILES string of the molecule is CC/C=C\C/C=C\C/C=C\C/C=C\C/C=C\CCCCCCCC(=O)OCC(O)COP(=O)(O)OCC(O)COP(=O)(O)OCC(COC(=O)CCCCCCCC/C=C\C/C=C\C/C=C\CCCCC)OC(=O)CCCCCCC/C=C\C/C=C\C/C=C\CC. The maximum Gasteiger partial charge on any atom is 0.472 e. The van der Waals surface area contributed by atoms with Crippen LogP contribution in [0.1, 0.15) is 252 Å². The summed E-state index contributed by atoms with van der Waals surface area (Å²) in [4.78, 5) is 58.4. The second-order valence-electron chi connectivity index (χ2n) is 22.6. The van der Waals surface area contributed by atoms with Crippen molar-refractivity contribution in [2.24, 2.45) is 0 Å². The van der Waals surface area contributed by atoms with E-state index in [9.17, 15) is 43.5 Å². The summed E-state index contributed by atoms with van der Waals surface area (Å²) in [5.74, 6) is -1.63. The van der Waals surface area contributed by atoms with Crippen LogP contribution in [0.25, 0.3) is 0 Å².